The van der Waals surface area contributed by atoms with Gasteiger partial charge in [-0.15, -0.1) is 0 Å². The zero-order valence-corrected chi connectivity index (χ0v) is 12.4. The average molecular weight is 315 g/mol. The zero-order chi connectivity index (χ0) is 16.3. The van der Waals surface area contributed by atoms with Crippen molar-refractivity contribution in [2.24, 2.45) is 5.92 Å². The third-order valence-electron chi connectivity index (χ3n) is 4.31. The van der Waals surface area contributed by atoms with Crippen LogP contribution in [0, 0.1) is 5.92 Å². The minimum atomic E-state index is -4.33. The quantitative estimate of drug-likeness (QED) is 0.914. The minimum absolute atomic E-state index is 0.00890. The third kappa shape index (κ3) is 4.00. The summed E-state index contributed by atoms with van der Waals surface area (Å²) in [7, 11) is 0. The highest BCUT2D eigenvalue weighted by Gasteiger charge is 2.32. The third-order valence-corrected chi connectivity index (χ3v) is 4.31. The molecule has 0 aliphatic carbocycles. The Morgan fingerprint density at radius 1 is 1.32 bits per heavy atom. The number of aliphatic carboxylic acids is 1. The predicted octanol–water partition coefficient (Wildman–Crippen LogP) is 3.95. The maximum absolute atomic E-state index is 12.6. The lowest BCUT2D eigenvalue weighted by molar-refractivity contribution is -0.139. The van der Waals surface area contributed by atoms with Gasteiger partial charge in [-0.1, -0.05) is 19.1 Å². The first kappa shape index (κ1) is 16.8. The molecule has 1 fully saturated rings. The van der Waals surface area contributed by atoms with Crippen molar-refractivity contribution in [3.63, 3.8) is 0 Å². The molecule has 0 radical (unpaired) electrons. The van der Waals surface area contributed by atoms with Crippen molar-refractivity contribution >= 4 is 5.97 Å². The minimum Gasteiger partial charge on any atom is -0.481 e. The highest BCUT2D eigenvalue weighted by atomic mass is 19.4. The van der Waals surface area contributed by atoms with Crippen LogP contribution in [0.25, 0.3) is 0 Å². The van der Waals surface area contributed by atoms with Crippen LogP contribution in [0.5, 0.6) is 0 Å². The second kappa shape index (κ2) is 6.69. The Hall–Kier alpha value is -1.56. The standard InChI is InChI=1S/C16H20F3NO2/c1-2-20-8-7-11(10-15(21)22)9-14(20)12-3-5-13(6-4-12)16(17,18)19/h3-6,11,14H,2,7-10H2,1H3,(H,21,22)/t11?,14-/m0/s1. The summed E-state index contributed by atoms with van der Waals surface area (Å²) in [5.41, 5.74) is 0.169. The fourth-order valence-electron chi connectivity index (χ4n) is 3.14. The van der Waals surface area contributed by atoms with E-state index < -0.39 is 17.7 Å². The summed E-state index contributed by atoms with van der Waals surface area (Å²) in [5, 5.41) is 8.93. The Labute approximate surface area is 127 Å². The molecule has 2 atom stereocenters. The Kier molecular flexibility index (Phi) is 5.11. The van der Waals surface area contributed by atoms with Crippen molar-refractivity contribution in [2.45, 2.75) is 38.4 Å². The number of rotatable bonds is 4. The lowest BCUT2D eigenvalue weighted by Crippen LogP contribution is -2.37. The summed E-state index contributed by atoms with van der Waals surface area (Å²) in [5.74, 6) is -0.742. The number of carboxylic acids is 1. The van der Waals surface area contributed by atoms with Gasteiger partial charge in [0.2, 0.25) is 0 Å². The van der Waals surface area contributed by atoms with E-state index in [-0.39, 0.29) is 18.4 Å². The first-order valence-corrected chi connectivity index (χ1v) is 7.44. The molecule has 0 amide bonds. The Morgan fingerprint density at radius 2 is 1.95 bits per heavy atom. The molecule has 1 N–H and O–H groups in total. The zero-order valence-electron chi connectivity index (χ0n) is 12.4. The molecule has 2 rings (SSSR count). The van der Waals surface area contributed by atoms with Crippen LogP contribution in [0.1, 0.15) is 43.4 Å². The van der Waals surface area contributed by atoms with Gasteiger partial charge in [-0.2, -0.15) is 13.2 Å². The molecular weight excluding hydrogens is 295 g/mol. The van der Waals surface area contributed by atoms with Gasteiger partial charge in [0, 0.05) is 12.5 Å². The normalized spacial score (nSPS) is 23.5. The number of nitrogens with zero attached hydrogens (tertiary/aromatic N) is 1. The smallest absolute Gasteiger partial charge is 0.416 e. The van der Waals surface area contributed by atoms with Gasteiger partial charge in [0.25, 0.3) is 0 Å². The van der Waals surface area contributed by atoms with Crippen molar-refractivity contribution in [2.75, 3.05) is 13.1 Å². The molecule has 0 spiro atoms. The SMILES string of the molecule is CCN1CCC(CC(=O)O)C[C@H]1c1ccc(C(F)(F)F)cc1. The largest absolute Gasteiger partial charge is 0.481 e. The van der Waals surface area contributed by atoms with E-state index in [2.05, 4.69) is 4.90 Å². The van der Waals surface area contributed by atoms with Gasteiger partial charge in [-0.05, 0) is 49.5 Å². The fourth-order valence-corrected chi connectivity index (χ4v) is 3.14. The molecule has 22 heavy (non-hydrogen) atoms. The predicted molar refractivity (Wildman–Crippen MR) is 76.4 cm³/mol. The molecule has 6 heteroatoms. The van der Waals surface area contributed by atoms with Crippen LogP contribution in [-0.4, -0.2) is 29.1 Å². The Bertz CT molecular complexity index is 513. The van der Waals surface area contributed by atoms with Crippen LogP contribution in [0.2, 0.25) is 0 Å². The second-order valence-corrected chi connectivity index (χ2v) is 5.75. The highest BCUT2D eigenvalue weighted by Crippen LogP contribution is 2.37. The summed E-state index contributed by atoms with van der Waals surface area (Å²) < 4.78 is 37.9. The number of carboxylic acid groups (broad SMARTS) is 1. The van der Waals surface area contributed by atoms with Crippen LogP contribution >= 0.6 is 0 Å². The Balaban J connectivity index is 2.17. The summed E-state index contributed by atoms with van der Waals surface area (Å²) in [6, 6.07) is 5.22. The lowest BCUT2D eigenvalue weighted by atomic mass is 9.85. The number of carbonyl (C=O) groups is 1. The molecule has 1 aromatic rings. The molecular formula is C16H20F3NO2. The van der Waals surface area contributed by atoms with Crippen molar-refractivity contribution in [1.29, 1.82) is 0 Å². The molecule has 1 aliphatic rings. The van der Waals surface area contributed by atoms with Crippen LogP contribution < -0.4 is 0 Å². The summed E-state index contributed by atoms with van der Waals surface area (Å²) in [4.78, 5) is 13.1. The van der Waals surface area contributed by atoms with Gasteiger partial charge >= 0.3 is 12.1 Å². The number of halogens is 3. The molecule has 3 nitrogen and oxygen atoms in total. The first-order chi connectivity index (χ1) is 10.3. The van der Waals surface area contributed by atoms with Crippen LogP contribution in [0.3, 0.4) is 0 Å². The Morgan fingerprint density at radius 3 is 2.45 bits per heavy atom. The van der Waals surface area contributed by atoms with E-state index in [0.29, 0.717) is 6.42 Å². The van der Waals surface area contributed by atoms with Crippen molar-refractivity contribution in [3.05, 3.63) is 35.4 Å². The molecule has 0 bridgehead atoms. The second-order valence-electron chi connectivity index (χ2n) is 5.75. The van der Waals surface area contributed by atoms with Gasteiger partial charge in [-0.3, -0.25) is 9.69 Å². The molecule has 1 aromatic carbocycles. The van der Waals surface area contributed by atoms with E-state index in [1.807, 2.05) is 6.92 Å². The van der Waals surface area contributed by atoms with E-state index >= 15 is 0 Å². The van der Waals surface area contributed by atoms with E-state index in [9.17, 15) is 18.0 Å². The monoisotopic (exact) mass is 315 g/mol. The number of alkyl halides is 3. The van der Waals surface area contributed by atoms with Gasteiger partial charge in [0.05, 0.1) is 5.56 Å². The van der Waals surface area contributed by atoms with E-state index in [4.69, 9.17) is 5.11 Å². The summed E-state index contributed by atoms with van der Waals surface area (Å²) >= 11 is 0. The van der Waals surface area contributed by atoms with E-state index in [1.165, 1.54) is 12.1 Å². The van der Waals surface area contributed by atoms with E-state index in [1.54, 1.807) is 0 Å². The number of hydrogen-bond donors (Lipinski definition) is 1. The van der Waals surface area contributed by atoms with Gasteiger partial charge < -0.3 is 5.11 Å². The van der Waals surface area contributed by atoms with Crippen molar-refractivity contribution < 1.29 is 23.1 Å². The molecule has 1 unspecified atom stereocenters. The maximum Gasteiger partial charge on any atom is 0.416 e. The molecule has 1 saturated heterocycles. The van der Waals surface area contributed by atoms with Gasteiger partial charge in [0.15, 0.2) is 0 Å². The lowest BCUT2D eigenvalue weighted by Gasteiger charge is -2.39. The molecule has 122 valence electrons. The number of hydrogen-bond acceptors (Lipinski definition) is 2. The van der Waals surface area contributed by atoms with Crippen molar-refractivity contribution in [3.8, 4) is 0 Å². The average Bonchev–Trinajstić information content (AvgIpc) is 2.46. The van der Waals surface area contributed by atoms with Crippen LogP contribution in [0.4, 0.5) is 13.2 Å². The van der Waals surface area contributed by atoms with Crippen molar-refractivity contribution in [1.82, 2.24) is 4.90 Å². The van der Waals surface area contributed by atoms with Crippen LogP contribution in [-0.2, 0) is 11.0 Å². The van der Waals surface area contributed by atoms with E-state index in [0.717, 1.165) is 37.2 Å². The number of piperidine rings is 1. The molecule has 1 aliphatic heterocycles. The maximum atomic E-state index is 12.6. The number of likely N-dealkylation sites (tertiary alicyclic amines) is 1. The summed E-state index contributed by atoms with van der Waals surface area (Å²) in [6.07, 6.45) is -2.72. The molecule has 1 heterocycles. The first-order valence-electron chi connectivity index (χ1n) is 7.44. The van der Waals surface area contributed by atoms with Crippen LogP contribution in [0.15, 0.2) is 24.3 Å². The molecule has 0 aromatic heterocycles. The van der Waals surface area contributed by atoms with Gasteiger partial charge in [0.1, 0.15) is 0 Å². The molecule has 0 saturated carbocycles. The summed E-state index contributed by atoms with van der Waals surface area (Å²) in [6.45, 7) is 3.58. The number of benzene rings is 1. The highest BCUT2D eigenvalue weighted by molar-refractivity contribution is 5.67. The fraction of sp³-hybridized carbons (Fsp3) is 0.562. The topological polar surface area (TPSA) is 40.5 Å². The van der Waals surface area contributed by atoms with Gasteiger partial charge in [-0.25, -0.2) is 0 Å².